The maximum absolute atomic E-state index is 13.4. The molecule has 0 saturated carbocycles. The number of hydrogen-bond donors (Lipinski definition) is 6. The lowest BCUT2D eigenvalue weighted by Crippen LogP contribution is -2.54. The van der Waals surface area contributed by atoms with Crippen LogP contribution in [0.2, 0.25) is 0 Å². The van der Waals surface area contributed by atoms with Crippen LogP contribution in [0.1, 0.15) is 45.2 Å². The molecule has 0 radical (unpaired) electrons. The fourth-order valence-corrected chi connectivity index (χ4v) is 4.94. The van der Waals surface area contributed by atoms with Crippen LogP contribution < -0.4 is 26.6 Å². The number of carbonyl (C=O) groups is 7. The summed E-state index contributed by atoms with van der Waals surface area (Å²) in [6, 6.07) is 12.3. The van der Waals surface area contributed by atoms with Crippen molar-refractivity contribution in [3.8, 4) is 0 Å². The predicted octanol–water partition coefficient (Wildman–Crippen LogP) is 2.87. The number of nitrogens with one attached hydrogen (secondary N) is 6. The van der Waals surface area contributed by atoms with E-state index in [1.807, 2.05) is 24.3 Å². The minimum Gasteiger partial charge on any atom is -0.461 e. The third kappa shape index (κ3) is 16.5. The summed E-state index contributed by atoms with van der Waals surface area (Å²) in [5, 5.41) is 12.8. The van der Waals surface area contributed by atoms with Crippen LogP contribution in [0.4, 0.5) is 4.79 Å². The van der Waals surface area contributed by atoms with Gasteiger partial charge in [0.15, 0.2) is 0 Å². The molecular weight excluding hydrogens is 783 g/mol. The number of halogens is 3. The highest BCUT2D eigenvalue weighted by atomic mass is 35.6. The number of aromatic amines is 1. The minimum absolute atomic E-state index is 0.0637. The minimum atomic E-state index is -1.96. The third-order valence-corrected chi connectivity index (χ3v) is 7.67. The Kier molecular flexibility index (Phi) is 16.6. The van der Waals surface area contributed by atoms with Crippen molar-refractivity contribution >= 4 is 87.4 Å². The number of rotatable bonds is 17. The van der Waals surface area contributed by atoms with Gasteiger partial charge < -0.3 is 45.8 Å². The summed E-state index contributed by atoms with van der Waals surface area (Å²) in [5.74, 6) is -5.09. The van der Waals surface area contributed by atoms with Gasteiger partial charge in [0.2, 0.25) is 27.4 Å². The lowest BCUT2D eigenvalue weighted by molar-refractivity contribution is -0.154. The van der Waals surface area contributed by atoms with Gasteiger partial charge in [-0.3, -0.25) is 24.0 Å². The largest absolute Gasteiger partial charge is 0.461 e. The maximum atomic E-state index is 13.4. The number of benzene rings is 2. The topological polar surface area (TPSA) is 223 Å². The van der Waals surface area contributed by atoms with E-state index in [4.69, 9.17) is 49.0 Å². The fraction of sp³-hybridized carbons (Fsp3) is 0.417. The quantitative estimate of drug-likeness (QED) is 0.0664. The number of hydrogen-bond acceptors (Lipinski definition) is 10. The molecule has 5 amide bonds. The number of fused-ring (bicyclic) bond motifs is 1. The maximum Gasteiger partial charge on any atom is 0.408 e. The first kappa shape index (κ1) is 44.3. The average Bonchev–Trinajstić information content (AvgIpc) is 3.52. The van der Waals surface area contributed by atoms with E-state index in [9.17, 15) is 33.6 Å². The first-order chi connectivity index (χ1) is 25.8. The van der Waals surface area contributed by atoms with Crippen molar-refractivity contribution in [2.24, 2.45) is 0 Å². The summed E-state index contributed by atoms with van der Waals surface area (Å²) in [5.41, 5.74) is 1.41. The second-order valence-electron chi connectivity index (χ2n) is 13.2. The van der Waals surface area contributed by atoms with Crippen LogP contribution in [-0.4, -0.2) is 93.9 Å². The molecule has 2 aromatic carbocycles. The van der Waals surface area contributed by atoms with E-state index in [1.54, 1.807) is 57.3 Å². The number of para-hydroxylation sites is 1. The predicted molar refractivity (Wildman–Crippen MR) is 203 cm³/mol. The summed E-state index contributed by atoms with van der Waals surface area (Å²) < 4.78 is 13.5. The van der Waals surface area contributed by atoms with Gasteiger partial charge in [-0.2, -0.15) is 0 Å². The summed E-state index contributed by atoms with van der Waals surface area (Å²) in [6.45, 7) is 4.36. The number of amides is 5. The molecule has 19 heteroatoms. The molecule has 0 spiro atoms. The molecule has 0 bridgehead atoms. The highest BCUT2D eigenvalue weighted by Crippen LogP contribution is 2.26. The number of esters is 2. The van der Waals surface area contributed by atoms with Gasteiger partial charge >= 0.3 is 18.0 Å². The highest BCUT2D eigenvalue weighted by molar-refractivity contribution is 6.67. The Balaban J connectivity index is 1.52. The van der Waals surface area contributed by atoms with E-state index < -0.39 is 95.3 Å². The number of carbonyl (C=O) groups excluding carboxylic acids is 7. The molecule has 16 nitrogen and oxygen atoms in total. The van der Waals surface area contributed by atoms with Crippen LogP contribution in [0.15, 0.2) is 60.8 Å². The summed E-state index contributed by atoms with van der Waals surface area (Å²) >= 11 is 16.9. The van der Waals surface area contributed by atoms with Crippen LogP contribution in [0, 0.1) is 0 Å². The second kappa shape index (κ2) is 20.6. The van der Waals surface area contributed by atoms with Crippen LogP contribution in [0.5, 0.6) is 0 Å². The Morgan fingerprint density at radius 1 is 0.764 bits per heavy atom. The fourth-order valence-electron chi connectivity index (χ4n) is 4.78. The molecule has 3 rings (SSSR count). The SMILES string of the molecule is C[C@H](NC(=O)[C@H](Cc1c[nH]c2ccccc12)NC(=O)OC(C)(C)C)C(=O)NCC(=O)NCC(=O)N[C@@H](CC(=O)OCc1ccccc1)C(=O)OCC(Cl)(Cl)Cl. The smallest absolute Gasteiger partial charge is 0.408 e. The average molecular weight is 826 g/mol. The Morgan fingerprint density at radius 3 is 2.09 bits per heavy atom. The van der Waals surface area contributed by atoms with Gasteiger partial charge in [0.05, 0.1) is 19.5 Å². The van der Waals surface area contributed by atoms with E-state index >= 15 is 0 Å². The number of aromatic nitrogens is 1. The Hall–Kier alpha value is -5.06. The molecule has 1 aromatic heterocycles. The number of ether oxygens (including phenoxy) is 3. The van der Waals surface area contributed by atoms with Gasteiger partial charge in [-0.1, -0.05) is 83.3 Å². The van der Waals surface area contributed by atoms with E-state index in [0.29, 0.717) is 5.56 Å². The van der Waals surface area contributed by atoms with E-state index in [2.05, 4.69) is 31.6 Å². The van der Waals surface area contributed by atoms with Crippen molar-refractivity contribution < 1.29 is 47.8 Å². The van der Waals surface area contributed by atoms with Crippen LogP contribution in [0.3, 0.4) is 0 Å². The zero-order valence-corrected chi connectivity index (χ0v) is 32.7. The molecule has 3 atom stereocenters. The van der Waals surface area contributed by atoms with Crippen molar-refractivity contribution in [3.63, 3.8) is 0 Å². The number of alkyl halides is 3. The van der Waals surface area contributed by atoms with Crippen LogP contribution in [0.25, 0.3) is 10.9 Å². The summed E-state index contributed by atoms with van der Waals surface area (Å²) in [7, 11) is 0. The van der Waals surface area contributed by atoms with Gasteiger partial charge in [-0.25, -0.2) is 9.59 Å². The molecule has 3 aromatic rings. The summed E-state index contributed by atoms with van der Waals surface area (Å²) in [6.07, 6.45) is 0.310. The lowest BCUT2D eigenvalue weighted by Gasteiger charge is -2.24. The van der Waals surface area contributed by atoms with Crippen molar-refractivity contribution in [1.29, 1.82) is 0 Å². The van der Waals surface area contributed by atoms with Crippen LogP contribution in [-0.2, 0) is 56.0 Å². The van der Waals surface area contributed by atoms with Crippen LogP contribution >= 0.6 is 34.8 Å². The van der Waals surface area contributed by atoms with E-state index in [1.165, 1.54) is 6.92 Å². The van der Waals surface area contributed by atoms with Crippen molar-refractivity contribution in [2.45, 2.75) is 74.7 Å². The standard InChI is InChI=1S/C36H43Cl3N6O10/c1-21(43-32(50)26(45-34(52)55-35(2,3)4)14-23-16-40-25-13-9-8-12-24(23)25)31(49)42-17-28(46)41-18-29(47)44-27(33(51)54-20-36(37,38)39)15-30(48)53-19-22-10-6-5-7-11-22/h5-13,16,21,26-27,40H,14-15,17-20H2,1-4H3,(H,41,46)(H,42,49)(H,43,50)(H,44,47)(H,45,52)/t21-,26-,27-/m0/s1. The van der Waals surface area contributed by atoms with Gasteiger partial charge in [0.25, 0.3) is 0 Å². The zero-order chi connectivity index (χ0) is 40.8. The molecule has 1 heterocycles. The monoisotopic (exact) mass is 824 g/mol. The first-order valence-electron chi connectivity index (χ1n) is 16.9. The molecule has 0 fully saturated rings. The normalized spacial score (nSPS) is 13.0. The van der Waals surface area contributed by atoms with Crippen molar-refractivity contribution in [1.82, 2.24) is 31.6 Å². The molecule has 298 valence electrons. The molecule has 0 aliphatic rings. The molecule has 55 heavy (non-hydrogen) atoms. The Morgan fingerprint density at radius 2 is 1.42 bits per heavy atom. The molecule has 0 unspecified atom stereocenters. The first-order valence-corrected chi connectivity index (χ1v) is 18.0. The molecule has 0 saturated heterocycles. The second-order valence-corrected chi connectivity index (χ2v) is 15.7. The molecule has 0 aliphatic carbocycles. The molecular formula is C36H43Cl3N6O10. The molecule has 0 aliphatic heterocycles. The third-order valence-electron chi connectivity index (χ3n) is 7.34. The zero-order valence-electron chi connectivity index (χ0n) is 30.5. The van der Waals surface area contributed by atoms with Gasteiger partial charge in [0, 0.05) is 23.5 Å². The lowest BCUT2D eigenvalue weighted by atomic mass is 10.0. The molecule has 6 N–H and O–H groups in total. The Bertz CT molecular complexity index is 1830. The van der Waals surface area contributed by atoms with Crippen molar-refractivity contribution in [2.75, 3.05) is 19.7 Å². The number of alkyl carbamates (subject to hydrolysis) is 1. The highest BCUT2D eigenvalue weighted by Gasteiger charge is 2.31. The van der Waals surface area contributed by atoms with E-state index in [0.717, 1.165) is 16.5 Å². The number of H-pyrrole nitrogens is 1. The van der Waals surface area contributed by atoms with Gasteiger partial charge in [-0.05, 0) is 44.9 Å². The summed E-state index contributed by atoms with van der Waals surface area (Å²) in [4.78, 5) is 92.2. The van der Waals surface area contributed by atoms with Gasteiger partial charge in [-0.15, -0.1) is 0 Å². The van der Waals surface area contributed by atoms with E-state index in [-0.39, 0.29) is 13.0 Å². The Labute approximate surface area is 332 Å². The van der Waals surface area contributed by atoms with Gasteiger partial charge in [0.1, 0.15) is 36.9 Å². The van der Waals surface area contributed by atoms with Crippen molar-refractivity contribution in [3.05, 3.63) is 71.9 Å².